The zero-order valence-electron chi connectivity index (χ0n) is 16.1. The van der Waals surface area contributed by atoms with E-state index in [1.165, 1.54) is 39.5 Å². The van der Waals surface area contributed by atoms with Gasteiger partial charge >= 0.3 is 11.0 Å². The van der Waals surface area contributed by atoms with Gasteiger partial charge in [0.2, 0.25) is 11.6 Å². The standard InChI is InChI=1S/C18H16N4O7S/c1-26-12-8-10(9-13(27-2)16(12)28-3)17-20-21-18(29-17)19-14(23)6-4-11-5-7-15(30-11)22(24)25/h4-9H,1-3H3,(H,19,21,23). The highest BCUT2D eigenvalue weighted by Gasteiger charge is 2.18. The third-order valence-corrected chi connectivity index (χ3v) is 4.76. The summed E-state index contributed by atoms with van der Waals surface area (Å²) in [6, 6.07) is 6.05. The number of ether oxygens (including phenoxy) is 3. The Balaban J connectivity index is 1.74. The van der Waals surface area contributed by atoms with Crippen LogP contribution in [0.1, 0.15) is 4.88 Å². The van der Waals surface area contributed by atoms with Crippen molar-refractivity contribution in [2.75, 3.05) is 26.6 Å². The maximum Gasteiger partial charge on any atom is 0.324 e. The van der Waals surface area contributed by atoms with Crippen molar-refractivity contribution in [1.29, 1.82) is 0 Å². The predicted molar refractivity (Wildman–Crippen MR) is 108 cm³/mol. The molecule has 1 aromatic carbocycles. The molecule has 0 radical (unpaired) electrons. The van der Waals surface area contributed by atoms with Crippen LogP contribution in [0.3, 0.4) is 0 Å². The van der Waals surface area contributed by atoms with E-state index in [0.29, 0.717) is 27.7 Å². The summed E-state index contributed by atoms with van der Waals surface area (Å²) in [6.45, 7) is 0. The zero-order valence-corrected chi connectivity index (χ0v) is 16.9. The summed E-state index contributed by atoms with van der Waals surface area (Å²) >= 11 is 0.949. The number of thiophene rings is 1. The number of hydrogen-bond acceptors (Lipinski definition) is 10. The lowest BCUT2D eigenvalue weighted by Gasteiger charge is -2.12. The summed E-state index contributed by atoms with van der Waals surface area (Å²) < 4.78 is 21.3. The van der Waals surface area contributed by atoms with Gasteiger partial charge in [0, 0.05) is 22.6 Å². The zero-order chi connectivity index (χ0) is 21.7. The Morgan fingerprint density at radius 1 is 1.17 bits per heavy atom. The highest BCUT2D eigenvalue weighted by Crippen LogP contribution is 2.41. The van der Waals surface area contributed by atoms with E-state index in [1.807, 2.05) is 0 Å². The molecule has 1 N–H and O–H groups in total. The lowest BCUT2D eigenvalue weighted by molar-refractivity contribution is -0.380. The molecule has 0 saturated carbocycles. The van der Waals surface area contributed by atoms with Gasteiger partial charge in [-0.25, -0.2) is 0 Å². The van der Waals surface area contributed by atoms with E-state index < -0.39 is 10.8 Å². The second-order valence-electron chi connectivity index (χ2n) is 5.58. The van der Waals surface area contributed by atoms with Gasteiger partial charge in [-0.1, -0.05) is 16.4 Å². The fourth-order valence-electron chi connectivity index (χ4n) is 2.43. The molecule has 0 aliphatic heterocycles. The molecule has 0 spiro atoms. The largest absolute Gasteiger partial charge is 0.493 e. The summed E-state index contributed by atoms with van der Waals surface area (Å²) in [7, 11) is 4.45. The second kappa shape index (κ2) is 9.05. The minimum atomic E-state index is -0.536. The number of nitro groups is 1. The van der Waals surface area contributed by atoms with Crippen LogP contribution in [0.25, 0.3) is 17.5 Å². The molecule has 0 aliphatic carbocycles. The maximum absolute atomic E-state index is 12.0. The third kappa shape index (κ3) is 4.55. The van der Waals surface area contributed by atoms with Crippen LogP contribution in [0.15, 0.2) is 34.8 Å². The van der Waals surface area contributed by atoms with Crippen LogP contribution in [-0.4, -0.2) is 42.4 Å². The normalized spacial score (nSPS) is 10.8. The van der Waals surface area contributed by atoms with Gasteiger partial charge in [-0.3, -0.25) is 20.2 Å². The maximum atomic E-state index is 12.0. The highest BCUT2D eigenvalue weighted by molar-refractivity contribution is 7.16. The van der Waals surface area contributed by atoms with Crippen molar-refractivity contribution in [2.24, 2.45) is 0 Å². The van der Waals surface area contributed by atoms with Gasteiger partial charge in [-0.05, 0) is 24.3 Å². The lowest BCUT2D eigenvalue weighted by atomic mass is 10.2. The Hall–Kier alpha value is -3.93. The first kappa shape index (κ1) is 20.8. The van der Waals surface area contributed by atoms with E-state index in [0.717, 1.165) is 11.3 Å². The molecule has 3 rings (SSSR count). The fourth-order valence-corrected chi connectivity index (χ4v) is 3.15. The van der Waals surface area contributed by atoms with Crippen molar-refractivity contribution in [2.45, 2.75) is 0 Å². The topological polar surface area (TPSA) is 139 Å². The molecule has 11 nitrogen and oxygen atoms in total. The number of anilines is 1. The number of carbonyl (C=O) groups excluding carboxylic acids is 1. The molecule has 156 valence electrons. The predicted octanol–water partition coefficient (Wildman–Crippen LogP) is 3.38. The molecule has 2 heterocycles. The Kier molecular flexibility index (Phi) is 6.27. The van der Waals surface area contributed by atoms with Crippen molar-refractivity contribution in [3.05, 3.63) is 45.3 Å². The number of nitrogens with zero attached hydrogens (tertiary/aromatic N) is 3. The van der Waals surface area contributed by atoms with Crippen LogP contribution in [0, 0.1) is 10.1 Å². The van der Waals surface area contributed by atoms with Gasteiger partial charge in [0.1, 0.15) is 0 Å². The summed E-state index contributed by atoms with van der Waals surface area (Å²) in [6.07, 6.45) is 2.66. The van der Waals surface area contributed by atoms with Crippen LogP contribution in [0.4, 0.5) is 11.0 Å². The van der Waals surface area contributed by atoms with E-state index in [9.17, 15) is 14.9 Å². The van der Waals surface area contributed by atoms with Gasteiger partial charge in [-0.15, -0.1) is 5.10 Å². The van der Waals surface area contributed by atoms with Crippen molar-refractivity contribution in [3.63, 3.8) is 0 Å². The molecule has 0 fully saturated rings. The van der Waals surface area contributed by atoms with Crippen LogP contribution in [0.5, 0.6) is 17.2 Å². The number of benzene rings is 1. The number of methoxy groups -OCH3 is 3. The Bertz CT molecular complexity index is 1080. The molecule has 0 bridgehead atoms. The van der Waals surface area contributed by atoms with Gasteiger partial charge in [-0.2, -0.15) is 0 Å². The third-order valence-electron chi connectivity index (χ3n) is 3.76. The molecule has 3 aromatic rings. The monoisotopic (exact) mass is 432 g/mol. The quantitative estimate of drug-likeness (QED) is 0.322. The van der Waals surface area contributed by atoms with Gasteiger partial charge < -0.3 is 18.6 Å². The fraction of sp³-hybridized carbons (Fsp3) is 0.167. The Labute approximate surface area is 174 Å². The van der Waals surface area contributed by atoms with E-state index in [4.69, 9.17) is 18.6 Å². The first-order valence-corrected chi connectivity index (χ1v) is 9.14. The smallest absolute Gasteiger partial charge is 0.324 e. The molecule has 2 aromatic heterocycles. The van der Waals surface area contributed by atoms with Crippen LogP contribution < -0.4 is 19.5 Å². The molecular weight excluding hydrogens is 416 g/mol. The summed E-state index contributed by atoms with van der Waals surface area (Å²) in [4.78, 5) is 22.8. The summed E-state index contributed by atoms with van der Waals surface area (Å²) in [5.41, 5.74) is 0.499. The molecule has 0 aliphatic rings. The van der Waals surface area contributed by atoms with E-state index >= 15 is 0 Å². The summed E-state index contributed by atoms with van der Waals surface area (Å²) in [5.74, 6) is 0.816. The molecule has 1 amide bonds. The SMILES string of the molecule is COc1cc(-c2nnc(NC(=O)C=Cc3ccc([N+](=O)[O-])s3)o2)cc(OC)c1OC. The van der Waals surface area contributed by atoms with E-state index in [-0.39, 0.29) is 16.9 Å². The molecule has 30 heavy (non-hydrogen) atoms. The highest BCUT2D eigenvalue weighted by atomic mass is 32.1. The minimum absolute atomic E-state index is 0.0121. The van der Waals surface area contributed by atoms with Crippen molar-refractivity contribution < 1.29 is 28.3 Å². The van der Waals surface area contributed by atoms with E-state index in [1.54, 1.807) is 18.2 Å². The van der Waals surface area contributed by atoms with Crippen molar-refractivity contribution in [3.8, 4) is 28.7 Å². The number of carbonyl (C=O) groups is 1. The van der Waals surface area contributed by atoms with Gasteiger partial charge in [0.25, 0.3) is 5.91 Å². The van der Waals surface area contributed by atoms with Crippen molar-refractivity contribution in [1.82, 2.24) is 10.2 Å². The van der Waals surface area contributed by atoms with Gasteiger partial charge in [0.05, 0.1) is 26.3 Å². The van der Waals surface area contributed by atoms with Crippen LogP contribution >= 0.6 is 11.3 Å². The minimum Gasteiger partial charge on any atom is -0.493 e. The number of hydrogen-bond donors (Lipinski definition) is 1. The number of nitrogens with one attached hydrogen (secondary N) is 1. The number of rotatable bonds is 8. The average molecular weight is 432 g/mol. The molecule has 0 saturated heterocycles. The van der Waals surface area contributed by atoms with Crippen LogP contribution in [0.2, 0.25) is 0 Å². The van der Waals surface area contributed by atoms with Gasteiger partial charge in [0.15, 0.2) is 11.5 Å². The molecule has 12 heteroatoms. The number of aromatic nitrogens is 2. The number of amides is 1. The van der Waals surface area contributed by atoms with Crippen LogP contribution in [-0.2, 0) is 4.79 Å². The van der Waals surface area contributed by atoms with Crippen molar-refractivity contribution >= 4 is 34.3 Å². The summed E-state index contributed by atoms with van der Waals surface area (Å²) in [5, 5.41) is 20.8. The first-order valence-electron chi connectivity index (χ1n) is 8.32. The second-order valence-corrected chi connectivity index (χ2v) is 6.68. The molecular formula is C18H16N4O7S. The molecule has 0 atom stereocenters. The molecule has 0 unspecified atom stereocenters. The average Bonchev–Trinajstić information content (AvgIpc) is 3.41. The van der Waals surface area contributed by atoms with E-state index in [2.05, 4.69) is 15.5 Å². The Morgan fingerprint density at radius 2 is 1.87 bits per heavy atom. The first-order chi connectivity index (χ1) is 14.4. The lowest BCUT2D eigenvalue weighted by Crippen LogP contribution is -2.07. The Morgan fingerprint density at radius 3 is 2.43 bits per heavy atom.